The monoisotopic (exact) mass is 231 g/mol. The van der Waals surface area contributed by atoms with Gasteiger partial charge in [-0.15, -0.1) is 0 Å². The van der Waals surface area contributed by atoms with Crippen LogP contribution in [0.1, 0.15) is 6.42 Å². The molecule has 0 aromatic carbocycles. The number of anilines is 1. The summed E-state index contributed by atoms with van der Waals surface area (Å²) < 4.78 is 1.69. The minimum absolute atomic E-state index is 0.252. The molecule has 1 N–H and O–H groups in total. The predicted octanol–water partition coefficient (Wildman–Crippen LogP) is 0.233. The molecule has 0 aliphatic carbocycles. The Bertz CT molecular complexity index is 498. The van der Waals surface area contributed by atoms with Crippen molar-refractivity contribution < 1.29 is 5.11 Å². The van der Waals surface area contributed by atoms with Gasteiger partial charge in [-0.05, 0) is 12.5 Å². The molecule has 17 heavy (non-hydrogen) atoms. The van der Waals surface area contributed by atoms with Gasteiger partial charge in [-0.3, -0.25) is 0 Å². The standard InChI is InChI=1S/C11H13N5O/c17-9-2-5-15(7-9)10-6-11(13-8-12-10)16-4-1-3-14-16/h1,3-4,6,8-9,17H,2,5,7H2/t9-/m1/s1. The third kappa shape index (κ3) is 1.99. The largest absolute Gasteiger partial charge is 0.391 e. The summed E-state index contributed by atoms with van der Waals surface area (Å²) in [6, 6.07) is 3.73. The van der Waals surface area contributed by atoms with E-state index in [0.29, 0.717) is 6.54 Å². The van der Waals surface area contributed by atoms with Gasteiger partial charge in [-0.1, -0.05) is 0 Å². The predicted molar refractivity (Wildman–Crippen MR) is 62.0 cm³/mol. The zero-order chi connectivity index (χ0) is 11.7. The number of nitrogens with zero attached hydrogens (tertiary/aromatic N) is 5. The van der Waals surface area contributed by atoms with E-state index in [9.17, 15) is 5.11 Å². The molecule has 6 nitrogen and oxygen atoms in total. The van der Waals surface area contributed by atoms with E-state index in [1.807, 2.05) is 18.3 Å². The van der Waals surface area contributed by atoms with E-state index in [0.717, 1.165) is 24.6 Å². The molecule has 3 rings (SSSR count). The first-order valence-corrected chi connectivity index (χ1v) is 5.58. The average Bonchev–Trinajstić information content (AvgIpc) is 3.00. The van der Waals surface area contributed by atoms with Crippen molar-refractivity contribution in [1.29, 1.82) is 0 Å². The van der Waals surface area contributed by atoms with Crippen LogP contribution in [0.15, 0.2) is 30.9 Å². The molecule has 1 aliphatic heterocycles. The van der Waals surface area contributed by atoms with Gasteiger partial charge < -0.3 is 10.0 Å². The zero-order valence-electron chi connectivity index (χ0n) is 9.27. The molecular weight excluding hydrogens is 218 g/mol. The van der Waals surface area contributed by atoms with Crippen molar-refractivity contribution in [2.75, 3.05) is 18.0 Å². The molecule has 3 heterocycles. The Balaban J connectivity index is 1.89. The number of β-amino-alcohol motifs (C(OH)–C–C–N with tert-alkyl or cyclic N) is 1. The third-order valence-electron chi connectivity index (χ3n) is 2.86. The van der Waals surface area contributed by atoms with Gasteiger partial charge >= 0.3 is 0 Å². The molecule has 0 bridgehead atoms. The summed E-state index contributed by atoms with van der Waals surface area (Å²) in [5.74, 6) is 1.57. The molecule has 0 saturated carbocycles. The fourth-order valence-corrected chi connectivity index (χ4v) is 1.99. The van der Waals surface area contributed by atoms with Crippen molar-refractivity contribution in [2.24, 2.45) is 0 Å². The summed E-state index contributed by atoms with van der Waals surface area (Å²) in [7, 11) is 0. The van der Waals surface area contributed by atoms with Gasteiger partial charge in [0, 0.05) is 31.5 Å². The van der Waals surface area contributed by atoms with E-state index >= 15 is 0 Å². The van der Waals surface area contributed by atoms with Gasteiger partial charge in [0.15, 0.2) is 5.82 Å². The summed E-state index contributed by atoms with van der Waals surface area (Å²) in [5.41, 5.74) is 0. The molecule has 0 spiro atoms. The Morgan fingerprint density at radius 1 is 1.29 bits per heavy atom. The van der Waals surface area contributed by atoms with Crippen LogP contribution >= 0.6 is 0 Å². The maximum Gasteiger partial charge on any atom is 0.158 e. The van der Waals surface area contributed by atoms with Crippen LogP contribution in [-0.2, 0) is 0 Å². The average molecular weight is 231 g/mol. The third-order valence-corrected chi connectivity index (χ3v) is 2.86. The van der Waals surface area contributed by atoms with E-state index in [1.165, 1.54) is 6.33 Å². The van der Waals surface area contributed by atoms with Crippen LogP contribution in [0.3, 0.4) is 0 Å². The van der Waals surface area contributed by atoms with Crippen LogP contribution in [0.25, 0.3) is 5.82 Å². The molecule has 1 fully saturated rings. The molecule has 88 valence electrons. The van der Waals surface area contributed by atoms with Gasteiger partial charge in [0.05, 0.1) is 6.10 Å². The second-order valence-corrected chi connectivity index (χ2v) is 4.07. The molecule has 0 unspecified atom stereocenters. The molecule has 1 saturated heterocycles. The Hall–Kier alpha value is -1.95. The SMILES string of the molecule is O[C@@H]1CCN(c2cc(-n3cccn3)ncn2)C1. The van der Waals surface area contributed by atoms with Crippen LogP contribution in [0.5, 0.6) is 0 Å². The molecule has 0 amide bonds. The van der Waals surface area contributed by atoms with Gasteiger partial charge in [0.2, 0.25) is 0 Å². The van der Waals surface area contributed by atoms with E-state index in [1.54, 1.807) is 10.9 Å². The summed E-state index contributed by atoms with van der Waals surface area (Å²) >= 11 is 0. The van der Waals surface area contributed by atoms with Gasteiger partial charge in [0.25, 0.3) is 0 Å². The highest BCUT2D eigenvalue weighted by Gasteiger charge is 2.21. The summed E-state index contributed by atoms with van der Waals surface area (Å²) in [5, 5.41) is 13.6. The highest BCUT2D eigenvalue weighted by Crippen LogP contribution is 2.18. The summed E-state index contributed by atoms with van der Waals surface area (Å²) in [4.78, 5) is 10.5. The molecule has 6 heteroatoms. The van der Waals surface area contributed by atoms with Crippen molar-refractivity contribution in [3.05, 3.63) is 30.9 Å². The fourth-order valence-electron chi connectivity index (χ4n) is 1.99. The van der Waals surface area contributed by atoms with Gasteiger partial charge in [-0.2, -0.15) is 5.10 Å². The summed E-state index contributed by atoms with van der Waals surface area (Å²) in [6.45, 7) is 1.46. The number of rotatable bonds is 2. The second kappa shape index (κ2) is 4.14. The number of hydrogen-bond acceptors (Lipinski definition) is 5. The molecule has 0 radical (unpaired) electrons. The minimum atomic E-state index is -0.252. The minimum Gasteiger partial charge on any atom is -0.391 e. The Kier molecular flexibility index (Phi) is 2.49. The Labute approximate surface area is 98.5 Å². The number of hydrogen-bond donors (Lipinski definition) is 1. The Morgan fingerprint density at radius 2 is 2.18 bits per heavy atom. The highest BCUT2D eigenvalue weighted by molar-refractivity contribution is 5.44. The van der Waals surface area contributed by atoms with Crippen molar-refractivity contribution >= 4 is 5.82 Å². The lowest BCUT2D eigenvalue weighted by atomic mass is 10.3. The van der Waals surface area contributed by atoms with Crippen LogP contribution in [0, 0.1) is 0 Å². The van der Waals surface area contributed by atoms with E-state index in [2.05, 4.69) is 20.0 Å². The zero-order valence-corrected chi connectivity index (χ0v) is 9.27. The lowest BCUT2D eigenvalue weighted by molar-refractivity contribution is 0.198. The maximum atomic E-state index is 9.51. The van der Waals surface area contributed by atoms with E-state index in [4.69, 9.17) is 0 Å². The first-order valence-electron chi connectivity index (χ1n) is 5.58. The summed E-state index contributed by atoms with van der Waals surface area (Å²) in [6.07, 6.45) is 5.61. The smallest absolute Gasteiger partial charge is 0.158 e. The number of aromatic nitrogens is 4. The van der Waals surface area contributed by atoms with E-state index in [-0.39, 0.29) is 6.10 Å². The van der Waals surface area contributed by atoms with Crippen molar-refractivity contribution in [3.8, 4) is 5.82 Å². The highest BCUT2D eigenvalue weighted by atomic mass is 16.3. The van der Waals surface area contributed by atoms with Gasteiger partial charge in [-0.25, -0.2) is 14.6 Å². The number of aliphatic hydroxyl groups excluding tert-OH is 1. The quantitative estimate of drug-likeness (QED) is 0.801. The Morgan fingerprint density at radius 3 is 2.88 bits per heavy atom. The van der Waals surface area contributed by atoms with Crippen molar-refractivity contribution in [2.45, 2.75) is 12.5 Å². The lowest BCUT2D eigenvalue weighted by Gasteiger charge is -2.16. The molecule has 2 aromatic heterocycles. The van der Waals surface area contributed by atoms with Crippen molar-refractivity contribution in [1.82, 2.24) is 19.7 Å². The molecular formula is C11H13N5O. The molecule has 2 aromatic rings. The normalized spacial score (nSPS) is 19.8. The van der Waals surface area contributed by atoms with Crippen LogP contribution < -0.4 is 4.90 Å². The van der Waals surface area contributed by atoms with Crippen LogP contribution in [-0.4, -0.2) is 44.0 Å². The van der Waals surface area contributed by atoms with Crippen LogP contribution in [0.4, 0.5) is 5.82 Å². The lowest BCUT2D eigenvalue weighted by Crippen LogP contribution is -2.22. The van der Waals surface area contributed by atoms with Crippen molar-refractivity contribution in [3.63, 3.8) is 0 Å². The second-order valence-electron chi connectivity index (χ2n) is 4.07. The molecule has 1 atom stereocenters. The molecule has 1 aliphatic rings. The van der Waals surface area contributed by atoms with E-state index < -0.39 is 0 Å². The van der Waals surface area contributed by atoms with Crippen LogP contribution in [0.2, 0.25) is 0 Å². The van der Waals surface area contributed by atoms with Gasteiger partial charge in [0.1, 0.15) is 12.1 Å². The topological polar surface area (TPSA) is 67.1 Å². The first-order chi connectivity index (χ1) is 8.33. The fraction of sp³-hybridized carbons (Fsp3) is 0.364. The first kappa shape index (κ1) is 10.2. The number of aliphatic hydroxyl groups is 1. The maximum absolute atomic E-state index is 9.51.